The van der Waals surface area contributed by atoms with Gasteiger partial charge in [-0.3, -0.25) is 0 Å². The molecule has 0 spiro atoms. The normalized spacial score (nSPS) is 9.93. The van der Waals surface area contributed by atoms with Gasteiger partial charge in [0.15, 0.2) is 0 Å². The number of halogens is 1. The van der Waals surface area contributed by atoms with Crippen LogP contribution in [-0.2, 0) is 0 Å². The van der Waals surface area contributed by atoms with Crippen molar-refractivity contribution in [1.82, 2.24) is 0 Å². The molecule has 1 aromatic carbocycles. The van der Waals surface area contributed by atoms with Crippen LogP contribution in [0.4, 0.5) is 5.69 Å². The Kier molecular flexibility index (Phi) is 4.21. The SMILES string of the molecule is C=C(C)CN(CC)c1ccc(Br)cc1. The molecule has 0 amide bonds. The van der Waals surface area contributed by atoms with Crippen LogP contribution in [0.2, 0.25) is 0 Å². The summed E-state index contributed by atoms with van der Waals surface area (Å²) < 4.78 is 1.12. The molecule has 0 fully saturated rings. The van der Waals surface area contributed by atoms with Crippen molar-refractivity contribution in [3.05, 3.63) is 40.9 Å². The van der Waals surface area contributed by atoms with Gasteiger partial charge in [-0.05, 0) is 38.1 Å². The first-order chi connectivity index (χ1) is 6.63. The maximum absolute atomic E-state index is 3.94. The molecule has 0 saturated heterocycles. The van der Waals surface area contributed by atoms with E-state index in [1.807, 2.05) is 0 Å². The first kappa shape index (κ1) is 11.3. The zero-order valence-electron chi connectivity index (χ0n) is 8.76. The highest BCUT2D eigenvalue weighted by molar-refractivity contribution is 9.10. The monoisotopic (exact) mass is 253 g/mol. The van der Waals surface area contributed by atoms with Crippen molar-refractivity contribution >= 4 is 21.6 Å². The van der Waals surface area contributed by atoms with Gasteiger partial charge in [-0.15, -0.1) is 0 Å². The summed E-state index contributed by atoms with van der Waals surface area (Å²) in [6.45, 7) is 10.1. The molecule has 0 radical (unpaired) electrons. The Hall–Kier alpha value is -0.760. The van der Waals surface area contributed by atoms with Crippen molar-refractivity contribution in [2.24, 2.45) is 0 Å². The van der Waals surface area contributed by atoms with E-state index in [9.17, 15) is 0 Å². The second kappa shape index (κ2) is 5.20. The Morgan fingerprint density at radius 3 is 2.36 bits per heavy atom. The third kappa shape index (κ3) is 3.18. The molecule has 14 heavy (non-hydrogen) atoms. The maximum atomic E-state index is 3.94. The molecule has 76 valence electrons. The highest BCUT2D eigenvalue weighted by atomic mass is 79.9. The Morgan fingerprint density at radius 2 is 1.93 bits per heavy atom. The van der Waals surface area contributed by atoms with Crippen molar-refractivity contribution in [2.45, 2.75) is 13.8 Å². The summed E-state index contributed by atoms with van der Waals surface area (Å²) in [6, 6.07) is 8.37. The first-order valence-electron chi connectivity index (χ1n) is 4.78. The fourth-order valence-corrected chi connectivity index (χ4v) is 1.63. The van der Waals surface area contributed by atoms with Crippen molar-refractivity contribution in [1.29, 1.82) is 0 Å². The minimum absolute atomic E-state index is 0.929. The lowest BCUT2D eigenvalue weighted by Gasteiger charge is -2.23. The summed E-state index contributed by atoms with van der Waals surface area (Å²) in [4.78, 5) is 2.30. The maximum Gasteiger partial charge on any atom is 0.0383 e. The Morgan fingerprint density at radius 1 is 1.36 bits per heavy atom. The number of rotatable bonds is 4. The second-order valence-corrected chi connectivity index (χ2v) is 4.36. The molecular weight excluding hydrogens is 238 g/mol. The molecule has 0 N–H and O–H groups in total. The average molecular weight is 254 g/mol. The molecule has 1 aromatic rings. The number of likely N-dealkylation sites (N-methyl/N-ethyl adjacent to an activating group) is 1. The standard InChI is InChI=1S/C12H16BrN/c1-4-14(9-10(2)3)12-7-5-11(13)6-8-12/h5-8H,2,4,9H2,1,3H3. The molecular formula is C12H16BrN. The molecule has 0 aromatic heterocycles. The molecule has 0 atom stereocenters. The van der Waals surface area contributed by atoms with Gasteiger partial charge in [-0.1, -0.05) is 28.1 Å². The van der Waals surface area contributed by atoms with Crippen LogP contribution in [0, 0.1) is 0 Å². The van der Waals surface area contributed by atoms with E-state index in [2.05, 4.69) is 65.5 Å². The van der Waals surface area contributed by atoms with Gasteiger partial charge in [0.1, 0.15) is 0 Å². The van der Waals surface area contributed by atoms with Gasteiger partial charge in [0.25, 0.3) is 0 Å². The quantitative estimate of drug-likeness (QED) is 0.737. The summed E-state index contributed by atoms with van der Waals surface area (Å²) >= 11 is 3.43. The van der Waals surface area contributed by atoms with E-state index in [0.717, 1.165) is 17.6 Å². The van der Waals surface area contributed by atoms with Gasteiger partial charge in [0.05, 0.1) is 0 Å². The largest absolute Gasteiger partial charge is 0.368 e. The number of hydrogen-bond acceptors (Lipinski definition) is 1. The molecule has 0 aliphatic rings. The first-order valence-corrected chi connectivity index (χ1v) is 5.57. The Bertz CT molecular complexity index is 303. The van der Waals surface area contributed by atoms with E-state index in [-0.39, 0.29) is 0 Å². The molecule has 0 heterocycles. The molecule has 2 heteroatoms. The van der Waals surface area contributed by atoms with Gasteiger partial charge < -0.3 is 4.90 Å². The molecule has 0 aliphatic heterocycles. The smallest absolute Gasteiger partial charge is 0.0383 e. The second-order valence-electron chi connectivity index (χ2n) is 3.45. The van der Waals surface area contributed by atoms with Gasteiger partial charge in [0, 0.05) is 23.2 Å². The van der Waals surface area contributed by atoms with Crippen LogP contribution in [0.15, 0.2) is 40.9 Å². The van der Waals surface area contributed by atoms with E-state index in [0.29, 0.717) is 0 Å². The third-order valence-electron chi connectivity index (χ3n) is 2.03. The average Bonchev–Trinajstić information content (AvgIpc) is 2.15. The van der Waals surface area contributed by atoms with Gasteiger partial charge >= 0.3 is 0 Å². The molecule has 1 rings (SSSR count). The Balaban J connectivity index is 2.78. The van der Waals surface area contributed by atoms with E-state index in [4.69, 9.17) is 0 Å². The zero-order chi connectivity index (χ0) is 10.6. The highest BCUT2D eigenvalue weighted by Crippen LogP contribution is 2.18. The van der Waals surface area contributed by atoms with Crippen LogP contribution in [0.3, 0.4) is 0 Å². The Labute approximate surface area is 94.6 Å². The molecule has 0 bridgehead atoms. The molecule has 0 saturated carbocycles. The van der Waals surface area contributed by atoms with Crippen LogP contribution in [-0.4, -0.2) is 13.1 Å². The van der Waals surface area contributed by atoms with Crippen molar-refractivity contribution < 1.29 is 0 Å². The van der Waals surface area contributed by atoms with E-state index in [1.165, 1.54) is 11.3 Å². The fraction of sp³-hybridized carbons (Fsp3) is 0.333. The number of anilines is 1. The lowest BCUT2D eigenvalue weighted by molar-refractivity contribution is 0.880. The van der Waals surface area contributed by atoms with Gasteiger partial charge in [-0.2, -0.15) is 0 Å². The number of nitrogens with zero attached hydrogens (tertiary/aromatic N) is 1. The van der Waals surface area contributed by atoms with Gasteiger partial charge in [-0.25, -0.2) is 0 Å². The van der Waals surface area contributed by atoms with E-state index < -0.39 is 0 Å². The van der Waals surface area contributed by atoms with Crippen LogP contribution in [0.5, 0.6) is 0 Å². The van der Waals surface area contributed by atoms with Crippen molar-refractivity contribution in [3.8, 4) is 0 Å². The van der Waals surface area contributed by atoms with Crippen LogP contribution in [0.25, 0.3) is 0 Å². The summed E-state index contributed by atoms with van der Waals surface area (Å²) in [6.07, 6.45) is 0. The van der Waals surface area contributed by atoms with Crippen molar-refractivity contribution in [3.63, 3.8) is 0 Å². The van der Waals surface area contributed by atoms with Crippen LogP contribution >= 0.6 is 15.9 Å². The minimum atomic E-state index is 0.929. The third-order valence-corrected chi connectivity index (χ3v) is 2.56. The zero-order valence-corrected chi connectivity index (χ0v) is 10.3. The topological polar surface area (TPSA) is 3.24 Å². The predicted molar refractivity (Wildman–Crippen MR) is 66.8 cm³/mol. The molecule has 0 aliphatic carbocycles. The highest BCUT2D eigenvalue weighted by Gasteiger charge is 2.03. The lowest BCUT2D eigenvalue weighted by Crippen LogP contribution is -2.24. The van der Waals surface area contributed by atoms with Crippen molar-refractivity contribution in [2.75, 3.05) is 18.0 Å². The van der Waals surface area contributed by atoms with Gasteiger partial charge in [0.2, 0.25) is 0 Å². The van der Waals surface area contributed by atoms with Crippen LogP contribution in [0.1, 0.15) is 13.8 Å². The summed E-state index contributed by atoms with van der Waals surface area (Å²) in [5.74, 6) is 0. The summed E-state index contributed by atoms with van der Waals surface area (Å²) in [5, 5.41) is 0. The molecule has 0 unspecified atom stereocenters. The predicted octanol–water partition coefficient (Wildman–Crippen LogP) is 3.85. The summed E-state index contributed by atoms with van der Waals surface area (Å²) in [5.41, 5.74) is 2.44. The number of benzene rings is 1. The number of hydrogen-bond donors (Lipinski definition) is 0. The van der Waals surface area contributed by atoms with E-state index >= 15 is 0 Å². The fourth-order valence-electron chi connectivity index (χ4n) is 1.36. The van der Waals surface area contributed by atoms with Crippen LogP contribution < -0.4 is 4.90 Å². The minimum Gasteiger partial charge on any atom is -0.368 e. The molecule has 1 nitrogen and oxygen atoms in total. The van der Waals surface area contributed by atoms with E-state index in [1.54, 1.807) is 0 Å². The lowest BCUT2D eigenvalue weighted by atomic mass is 10.2. The summed E-state index contributed by atoms with van der Waals surface area (Å²) in [7, 11) is 0.